The lowest BCUT2D eigenvalue weighted by atomic mass is 10.1. The van der Waals surface area contributed by atoms with Crippen LogP contribution in [0.5, 0.6) is 5.75 Å². The van der Waals surface area contributed by atoms with E-state index in [0.717, 1.165) is 16.7 Å². The number of carbonyl (C=O) groups excluding carboxylic acids is 1. The predicted octanol–water partition coefficient (Wildman–Crippen LogP) is 5.15. The van der Waals surface area contributed by atoms with Crippen molar-refractivity contribution in [2.24, 2.45) is 10.1 Å². The van der Waals surface area contributed by atoms with Crippen LogP contribution in [0, 0.1) is 22.4 Å². The molecule has 1 amide bonds. The third-order valence-electron chi connectivity index (χ3n) is 5.57. The number of thioether (sulfide) groups is 1. The average Bonchev–Trinajstić information content (AvgIpc) is 3.30. The highest BCUT2D eigenvalue weighted by molar-refractivity contribution is 8.27. The van der Waals surface area contributed by atoms with Crippen molar-refractivity contribution >= 4 is 45.5 Å². The molecule has 0 saturated carbocycles. The van der Waals surface area contributed by atoms with Crippen LogP contribution in [0.15, 0.2) is 88.5 Å². The van der Waals surface area contributed by atoms with Crippen LogP contribution in [0.2, 0.25) is 0 Å². The van der Waals surface area contributed by atoms with Gasteiger partial charge in [-0.3, -0.25) is 20.3 Å². The minimum Gasteiger partial charge on any atom is -0.489 e. The summed E-state index contributed by atoms with van der Waals surface area (Å²) >= 11 is 1.27. The van der Waals surface area contributed by atoms with Crippen LogP contribution in [0.3, 0.4) is 0 Å². The summed E-state index contributed by atoms with van der Waals surface area (Å²) in [5, 5.41) is 26.3. The SMILES string of the molecule is Cc1ccccc1C1=NN2C(=N)/C(=C/c3ccc(OCc4ccc([N+](=O)[O-])cc4)cc3)C(=O)N=C2S1. The van der Waals surface area contributed by atoms with Gasteiger partial charge in [0.1, 0.15) is 17.4 Å². The van der Waals surface area contributed by atoms with Crippen molar-refractivity contribution in [3.05, 3.63) is 111 Å². The van der Waals surface area contributed by atoms with Gasteiger partial charge in [-0.2, -0.15) is 15.1 Å². The van der Waals surface area contributed by atoms with E-state index in [4.69, 9.17) is 10.1 Å². The molecule has 1 N–H and O–H groups in total. The molecular weight excluding hydrogens is 478 g/mol. The molecule has 10 heteroatoms. The van der Waals surface area contributed by atoms with Gasteiger partial charge in [0.05, 0.1) is 10.5 Å². The van der Waals surface area contributed by atoms with Crippen molar-refractivity contribution < 1.29 is 14.5 Å². The van der Waals surface area contributed by atoms with Gasteiger partial charge in [-0.25, -0.2) is 0 Å². The Bertz CT molecular complexity index is 1480. The number of amidine groups is 2. The second-order valence-electron chi connectivity index (χ2n) is 8.02. The number of hydrogen-bond acceptors (Lipinski definition) is 7. The number of ether oxygens (including phenoxy) is 1. The lowest BCUT2D eigenvalue weighted by molar-refractivity contribution is -0.384. The molecule has 0 radical (unpaired) electrons. The second-order valence-corrected chi connectivity index (χ2v) is 8.98. The van der Waals surface area contributed by atoms with E-state index in [1.165, 1.54) is 28.9 Å². The zero-order valence-corrected chi connectivity index (χ0v) is 19.9. The maximum atomic E-state index is 12.7. The molecule has 9 nitrogen and oxygen atoms in total. The Labute approximate surface area is 210 Å². The van der Waals surface area contributed by atoms with Crippen molar-refractivity contribution in [1.29, 1.82) is 5.41 Å². The molecule has 0 fully saturated rings. The van der Waals surface area contributed by atoms with E-state index in [1.54, 1.807) is 42.5 Å². The van der Waals surface area contributed by atoms with E-state index in [9.17, 15) is 14.9 Å². The fraction of sp³-hybridized carbons (Fsp3) is 0.0769. The fourth-order valence-corrected chi connectivity index (χ4v) is 4.60. The monoisotopic (exact) mass is 497 g/mol. The number of fused-ring (bicyclic) bond motifs is 1. The molecular formula is C26H19N5O4S. The molecule has 2 heterocycles. The van der Waals surface area contributed by atoms with Gasteiger partial charge in [0.2, 0.25) is 5.17 Å². The van der Waals surface area contributed by atoms with E-state index in [2.05, 4.69) is 10.1 Å². The Morgan fingerprint density at radius 3 is 2.50 bits per heavy atom. The quantitative estimate of drug-likeness (QED) is 0.286. The summed E-state index contributed by atoms with van der Waals surface area (Å²) < 4.78 is 5.75. The highest BCUT2D eigenvalue weighted by Gasteiger charge is 2.36. The molecule has 0 bridgehead atoms. The van der Waals surface area contributed by atoms with Crippen molar-refractivity contribution in [3.8, 4) is 5.75 Å². The minimum absolute atomic E-state index is 0.0278. The summed E-state index contributed by atoms with van der Waals surface area (Å²) in [6.07, 6.45) is 1.61. The van der Waals surface area contributed by atoms with Gasteiger partial charge >= 0.3 is 0 Å². The van der Waals surface area contributed by atoms with E-state index in [0.29, 0.717) is 21.5 Å². The van der Waals surface area contributed by atoms with Gasteiger partial charge in [-0.1, -0.05) is 36.4 Å². The first-order valence-electron chi connectivity index (χ1n) is 10.9. The number of amides is 1. The average molecular weight is 498 g/mol. The summed E-state index contributed by atoms with van der Waals surface area (Å²) in [6.45, 7) is 2.24. The summed E-state index contributed by atoms with van der Waals surface area (Å²) in [4.78, 5) is 27.2. The highest BCUT2D eigenvalue weighted by atomic mass is 32.2. The molecule has 0 aromatic heterocycles. The van der Waals surface area contributed by atoms with Gasteiger partial charge in [0.25, 0.3) is 11.6 Å². The Morgan fingerprint density at radius 1 is 1.08 bits per heavy atom. The van der Waals surface area contributed by atoms with Gasteiger partial charge in [0.15, 0.2) is 5.84 Å². The fourth-order valence-electron chi connectivity index (χ4n) is 3.62. The second kappa shape index (κ2) is 9.59. The first kappa shape index (κ1) is 23.2. The van der Waals surface area contributed by atoms with Crippen LogP contribution in [0.1, 0.15) is 22.3 Å². The number of aryl methyl sites for hydroxylation is 1. The molecule has 0 spiro atoms. The summed E-state index contributed by atoms with van der Waals surface area (Å²) in [6, 6.07) is 21.0. The summed E-state index contributed by atoms with van der Waals surface area (Å²) in [5.74, 6) is 0.0855. The van der Waals surface area contributed by atoms with E-state index in [-0.39, 0.29) is 23.7 Å². The molecule has 0 saturated heterocycles. The molecule has 36 heavy (non-hydrogen) atoms. The zero-order valence-electron chi connectivity index (χ0n) is 19.0. The lowest BCUT2D eigenvalue weighted by Gasteiger charge is -2.20. The Morgan fingerprint density at radius 2 is 1.81 bits per heavy atom. The first-order chi connectivity index (χ1) is 17.4. The predicted molar refractivity (Wildman–Crippen MR) is 139 cm³/mol. The largest absolute Gasteiger partial charge is 0.489 e. The van der Waals surface area contributed by atoms with E-state index < -0.39 is 10.8 Å². The molecule has 0 atom stereocenters. The summed E-state index contributed by atoms with van der Waals surface area (Å²) in [7, 11) is 0. The van der Waals surface area contributed by atoms with Crippen molar-refractivity contribution in [3.63, 3.8) is 0 Å². The number of benzene rings is 3. The molecule has 5 rings (SSSR count). The number of nitro groups is 1. The van der Waals surface area contributed by atoms with Gasteiger partial charge in [-0.15, -0.1) is 0 Å². The number of nitro benzene ring substituents is 1. The molecule has 178 valence electrons. The van der Waals surface area contributed by atoms with Crippen molar-refractivity contribution in [2.45, 2.75) is 13.5 Å². The number of hydrogen-bond donors (Lipinski definition) is 1. The van der Waals surface area contributed by atoms with Crippen LogP contribution < -0.4 is 4.74 Å². The number of nitrogens with zero attached hydrogens (tertiary/aromatic N) is 4. The van der Waals surface area contributed by atoms with Crippen LogP contribution in [0.25, 0.3) is 6.08 Å². The number of rotatable bonds is 6. The third-order valence-corrected chi connectivity index (χ3v) is 6.52. The molecule has 0 aliphatic carbocycles. The maximum absolute atomic E-state index is 12.7. The molecule has 2 aliphatic rings. The normalized spacial score (nSPS) is 16.0. The smallest absolute Gasteiger partial charge is 0.283 e. The Balaban J connectivity index is 1.29. The van der Waals surface area contributed by atoms with Crippen LogP contribution in [0.4, 0.5) is 5.69 Å². The van der Waals surface area contributed by atoms with Crippen molar-refractivity contribution in [2.75, 3.05) is 0 Å². The summed E-state index contributed by atoms with van der Waals surface area (Å²) in [5.41, 5.74) is 3.67. The van der Waals surface area contributed by atoms with Crippen molar-refractivity contribution in [1.82, 2.24) is 5.01 Å². The van der Waals surface area contributed by atoms with Crippen LogP contribution in [-0.4, -0.2) is 31.9 Å². The standard InChI is InChI=1S/C26H19N5O4S/c1-16-4-2-3-5-21(16)25-29-30-23(27)22(24(32)28-26(30)36-25)14-17-8-12-20(13-9-17)35-15-18-6-10-19(11-7-18)31(33)34/h2-14,27H,15H2,1H3/b22-14-,27-23?. The van der Waals surface area contributed by atoms with E-state index in [1.807, 2.05) is 31.2 Å². The molecule has 2 aliphatic heterocycles. The maximum Gasteiger partial charge on any atom is 0.283 e. The number of non-ortho nitro benzene ring substituents is 1. The van der Waals surface area contributed by atoms with Gasteiger partial charge in [-0.05, 0) is 65.7 Å². The number of aliphatic imine (C=N–C) groups is 1. The zero-order chi connectivity index (χ0) is 25.2. The number of hydrazone groups is 1. The highest BCUT2D eigenvalue weighted by Crippen LogP contribution is 2.32. The lowest BCUT2D eigenvalue weighted by Crippen LogP contribution is -2.35. The first-order valence-corrected chi connectivity index (χ1v) is 11.7. The molecule has 3 aromatic rings. The Hall–Kier alpha value is -4.57. The van der Waals surface area contributed by atoms with Gasteiger partial charge in [0, 0.05) is 17.7 Å². The third kappa shape index (κ3) is 4.66. The van der Waals surface area contributed by atoms with E-state index >= 15 is 0 Å². The van der Waals surface area contributed by atoms with Crippen LogP contribution >= 0.6 is 11.8 Å². The topological polar surface area (TPSA) is 121 Å². The van der Waals surface area contributed by atoms with Crippen LogP contribution in [-0.2, 0) is 11.4 Å². The Kier molecular flexibility index (Phi) is 6.17. The van der Waals surface area contributed by atoms with Gasteiger partial charge < -0.3 is 4.74 Å². The molecule has 0 unspecified atom stereocenters. The number of carbonyl (C=O) groups is 1. The number of nitrogens with one attached hydrogen (secondary N) is 1. The molecule has 3 aromatic carbocycles. The minimum atomic E-state index is -0.488.